The van der Waals surface area contributed by atoms with E-state index in [0.717, 1.165) is 0 Å². The third-order valence-electron chi connectivity index (χ3n) is 4.45. The molecule has 3 rings (SSSR count). The predicted molar refractivity (Wildman–Crippen MR) is 102 cm³/mol. The number of nitrogens with zero attached hydrogens (tertiary/aromatic N) is 3. The van der Waals surface area contributed by atoms with Gasteiger partial charge in [0, 0.05) is 24.5 Å². The highest BCUT2D eigenvalue weighted by atomic mass is 16.5. The fraction of sp³-hybridized carbons (Fsp3) is 0.400. The highest BCUT2D eigenvalue weighted by Gasteiger charge is 2.28. The van der Waals surface area contributed by atoms with Gasteiger partial charge in [0.15, 0.2) is 0 Å². The minimum atomic E-state index is -0.590. The van der Waals surface area contributed by atoms with E-state index in [0.29, 0.717) is 41.9 Å². The van der Waals surface area contributed by atoms with Gasteiger partial charge in [-0.05, 0) is 32.0 Å². The molecule has 0 radical (unpaired) electrons. The van der Waals surface area contributed by atoms with E-state index < -0.39 is 5.91 Å². The maximum Gasteiger partial charge on any atom is 0.252 e. The van der Waals surface area contributed by atoms with Crippen molar-refractivity contribution in [2.75, 3.05) is 13.1 Å². The summed E-state index contributed by atoms with van der Waals surface area (Å²) in [6, 6.07) is 6.93. The molecule has 0 unspecified atom stereocenters. The number of nitrogens with two attached hydrogens (primary N) is 1. The Labute approximate surface area is 162 Å². The van der Waals surface area contributed by atoms with Crippen molar-refractivity contribution in [1.29, 1.82) is 5.26 Å². The topological polar surface area (TPSA) is 119 Å². The van der Waals surface area contributed by atoms with Gasteiger partial charge >= 0.3 is 0 Å². The summed E-state index contributed by atoms with van der Waals surface area (Å²) in [7, 11) is 0. The number of carbonyl (C=O) groups excluding carboxylic acids is 2. The van der Waals surface area contributed by atoms with E-state index in [1.54, 1.807) is 29.3 Å². The quantitative estimate of drug-likeness (QED) is 0.816. The van der Waals surface area contributed by atoms with Crippen LogP contribution in [0.5, 0.6) is 11.5 Å². The van der Waals surface area contributed by atoms with Crippen molar-refractivity contribution in [1.82, 2.24) is 9.88 Å². The molecule has 1 fully saturated rings. The Kier molecular flexibility index (Phi) is 5.64. The lowest BCUT2D eigenvalue weighted by Crippen LogP contribution is -2.30. The summed E-state index contributed by atoms with van der Waals surface area (Å²) < 4.78 is 11.9. The number of carbonyl (C=O) groups is 2. The second-order valence-corrected chi connectivity index (χ2v) is 6.91. The molecule has 2 N–H and O–H groups in total. The molecule has 1 aliphatic rings. The van der Waals surface area contributed by atoms with Crippen LogP contribution in [0.3, 0.4) is 0 Å². The van der Waals surface area contributed by atoms with Crippen LogP contribution in [0.2, 0.25) is 0 Å². The summed E-state index contributed by atoms with van der Waals surface area (Å²) >= 11 is 0. The number of primary amides is 1. The van der Waals surface area contributed by atoms with Crippen molar-refractivity contribution in [3.63, 3.8) is 0 Å². The number of rotatable bonds is 6. The van der Waals surface area contributed by atoms with Crippen molar-refractivity contribution in [2.45, 2.75) is 38.9 Å². The molecule has 0 spiro atoms. The zero-order valence-electron chi connectivity index (χ0n) is 15.8. The van der Waals surface area contributed by atoms with E-state index in [2.05, 4.69) is 4.98 Å². The molecule has 0 bridgehead atoms. The number of fused-ring (bicyclic) bond motifs is 1. The first-order chi connectivity index (χ1) is 13.4. The third kappa shape index (κ3) is 4.14. The minimum Gasteiger partial charge on any atom is -0.490 e. The lowest BCUT2D eigenvalue weighted by molar-refractivity contribution is -0.129. The maximum atomic E-state index is 11.9. The van der Waals surface area contributed by atoms with Gasteiger partial charge in [0.25, 0.3) is 5.91 Å². The Morgan fingerprint density at radius 2 is 2.18 bits per heavy atom. The molecule has 2 amide bonds. The van der Waals surface area contributed by atoms with Crippen molar-refractivity contribution in [2.24, 2.45) is 5.73 Å². The number of benzene rings is 1. The largest absolute Gasteiger partial charge is 0.490 e. The van der Waals surface area contributed by atoms with Gasteiger partial charge in [0.1, 0.15) is 24.0 Å². The van der Waals surface area contributed by atoms with E-state index in [9.17, 15) is 9.59 Å². The highest BCUT2D eigenvalue weighted by Crippen LogP contribution is 2.32. The van der Waals surface area contributed by atoms with Crippen LogP contribution >= 0.6 is 0 Å². The summed E-state index contributed by atoms with van der Waals surface area (Å²) in [6.45, 7) is 4.71. The molecule has 8 nitrogen and oxygen atoms in total. The number of hydrogen-bond donors (Lipinski definition) is 1. The Morgan fingerprint density at radius 3 is 2.86 bits per heavy atom. The van der Waals surface area contributed by atoms with Crippen LogP contribution < -0.4 is 15.2 Å². The maximum absolute atomic E-state index is 11.9. The van der Waals surface area contributed by atoms with Gasteiger partial charge in [0.2, 0.25) is 5.91 Å². The van der Waals surface area contributed by atoms with Crippen LogP contribution in [0.1, 0.15) is 37.0 Å². The zero-order valence-corrected chi connectivity index (χ0v) is 15.8. The summed E-state index contributed by atoms with van der Waals surface area (Å²) in [5.41, 5.74) is 6.31. The summed E-state index contributed by atoms with van der Waals surface area (Å²) in [4.78, 5) is 29.6. The molecular weight excluding hydrogens is 360 g/mol. The monoisotopic (exact) mass is 382 g/mol. The fourth-order valence-electron chi connectivity index (χ4n) is 3.20. The summed E-state index contributed by atoms with van der Waals surface area (Å²) in [5.74, 6) is 0.194. The van der Waals surface area contributed by atoms with Crippen LogP contribution in [0.4, 0.5) is 0 Å². The molecule has 1 aromatic carbocycles. The average molecular weight is 382 g/mol. The average Bonchev–Trinajstić information content (AvgIpc) is 3.10. The molecule has 1 atom stereocenters. The molecule has 8 heteroatoms. The number of amides is 2. The van der Waals surface area contributed by atoms with Crippen LogP contribution in [0.15, 0.2) is 24.4 Å². The molecule has 0 saturated carbocycles. The van der Waals surface area contributed by atoms with Gasteiger partial charge in [-0.1, -0.05) is 0 Å². The van der Waals surface area contributed by atoms with Crippen molar-refractivity contribution < 1.29 is 19.1 Å². The minimum absolute atomic E-state index is 0.128. The smallest absolute Gasteiger partial charge is 0.252 e. The summed E-state index contributed by atoms with van der Waals surface area (Å²) in [5, 5.41) is 9.38. The molecule has 28 heavy (non-hydrogen) atoms. The van der Waals surface area contributed by atoms with Gasteiger partial charge < -0.3 is 20.1 Å². The molecule has 1 aliphatic heterocycles. The van der Waals surface area contributed by atoms with Gasteiger partial charge in [0.05, 0.1) is 29.8 Å². The Balaban J connectivity index is 1.89. The highest BCUT2D eigenvalue weighted by molar-refractivity contribution is 6.01. The first-order valence-corrected chi connectivity index (χ1v) is 9.09. The summed E-state index contributed by atoms with van der Waals surface area (Å²) in [6.07, 6.45) is 1.83. The first kappa shape index (κ1) is 19.4. The number of aromatic nitrogens is 1. The Morgan fingerprint density at radius 1 is 1.39 bits per heavy atom. The van der Waals surface area contributed by atoms with Gasteiger partial charge in [-0.15, -0.1) is 0 Å². The number of hydrogen-bond acceptors (Lipinski definition) is 6. The number of nitriles is 1. The molecule has 1 aromatic heterocycles. The number of likely N-dealkylation sites (tertiary alicyclic amines) is 1. The third-order valence-corrected chi connectivity index (χ3v) is 4.45. The number of ether oxygens (including phenoxy) is 2. The molecule has 0 aliphatic carbocycles. The van der Waals surface area contributed by atoms with Crippen molar-refractivity contribution in [3.05, 3.63) is 30.0 Å². The van der Waals surface area contributed by atoms with Crippen LogP contribution in [-0.2, 0) is 4.79 Å². The van der Waals surface area contributed by atoms with E-state index in [1.807, 2.05) is 19.9 Å². The molecular formula is C20H22N4O4. The standard InChI is InChI=1S/C20H22N4O4/c1-12(2)27-18-10-14-16(9-15(18)20(22)26)23-7-4-17(14)28-13-5-8-24(11-13)19(25)3-6-21/h4,7,9-10,12-13H,3,5,8,11H2,1-2H3,(H2,22,26)/t13-/m0/s1. The first-order valence-electron chi connectivity index (χ1n) is 9.09. The molecule has 1 saturated heterocycles. The molecule has 2 heterocycles. The van der Waals surface area contributed by atoms with Crippen LogP contribution in [0.25, 0.3) is 10.9 Å². The second kappa shape index (κ2) is 8.13. The van der Waals surface area contributed by atoms with Crippen molar-refractivity contribution in [3.8, 4) is 17.6 Å². The van der Waals surface area contributed by atoms with E-state index in [-0.39, 0.29) is 30.1 Å². The Hall–Kier alpha value is -3.34. The van der Waals surface area contributed by atoms with E-state index >= 15 is 0 Å². The van der Waals surface area contributed by atoms with Gasteiger partial charge in [-0.2, -0.15) is 5.26 Å². The molecule has 2 aromatic rings. The SMILES string of the molecule is CC(C)Oc1cc2c(O[C@H]3CCN(C(=O)CC#N)C3)ccnc2cc1C(N)=O. The van der Waals surface area contributed by atoms with Crippen LogP contribution in [0, 0.1) is 11.3 Å². The Bertz CT molecular complexity index is 951. The zero-order chi connectivity index (χ0) is 20.3. The van der Waals surface area contributed by atoms with Gasteiger partial charge in [-0.25, -0.2) is 0 Å². The van der Waals surface area contributed by atoms with E-state index in [4.69, 9.17) is 20.5 Å². The number of pyridine rings is 1. The normalized spacial score (nSPS) is 16.2. The predicted octanol–water partition coefficient (Wildman–Crippen LogP) is 2.01. The lowest BCUT2D eigenvalue weighted by atomic mass is 10.1. The van der Waals surface area contributed by atoms with E-state index in [1.165, 1.54) is 0 Å². The lowest BCUT2D eigenvalue weighted by Gasteiger charge is -2.18. The van der Waals surface area contributed by atoms with Crippen LogP contribution in [-0.4, -0.2) is 47.0 Å². The molecule has 146 valence electrons. The van der Waals surface area contributed by atoms with Crippen molar-refractivity contribution >= 4 is 22.7 Å². The fourth-order valence-corrected chi connectivity index (χ4v) is 3.20. The second-order valence-electron chi connectivity index (χ2n) is 6.91. The van der Waals surface area contributed by atoms with Gasteiger partial charge in [-0.3, -0.25) is 14.6 Å².